The summed E-state index contributed by atoms with van der Waals surface area (Å²) in [6.45, 7) is 3.31. The molecule has 2 aromatic rings. The highest BCUT2D eigenvalue weighted by Gasteiger charge is 2.29. The van der Waals surface area contributed by atoms with Gasteiger partial charge in [-0.15, -0.1) is 0 Å². The first-order valence-corrected chi connectivity index (χ1v) is 11.8. The third-order valence-corrected chi connectivity index (χ3v) is 7.46. The third kappa shape index (κ3) is 4.03. The van der Waals surface area contributed by atoms with Crippen LogP contribution in [0, 0.1) is 0 Å². The number of nitrogens with zero attached hydrogens (tertiary/aromatic N) is 4. The lowest BCUT2D eigenvalue weighted by atomic mass is 9.92. The quantitative estimate of drug-likeness (QED) is 0.808. The Morgan fingerprint density at radius 3 is 2.68 bits per heavy atom. The molecule has 8 heteroatoms. The van der Waals surface area contributed by atoms with E-state index in [2.05, 4.69) is 10.00 Å². The Balaban J connectivity index is 1.34. The number of H-pyrrole nitrogens is 1. The topological polar surface area (TPSA) is 82.9 Å². The molecule has 1 saturated heterocycles. The maximum atomic E-state index is 13.3. The van der Waals surface area contributed by atoms with Gasteiger partial charge in [-0.2, -0.15) is 0 Å². The molecule has 2 aromatic heterocycles. The molecule has 0 spiro atoms. The molecule has 168 valence electrons. The Morgan fingerprint density at radius 2 is 1.94 bits per heavy atom. The van der Waals surface area contributed by atoms with E-state index < -0.39 is 0 Å². The van der Waals surface area contributed by atoms with Crippen LogP contribution in [0.4, 0.5) is 0 Å². The number of aromatic nitrogens is 3. The van der Waals surface area contributed by atoms with Crippen LogP contribution in [0.1, 0.15) is 67.8 Å². The average Bonchev–Trinajstić information content (AvgIpc) is 3.24. The monoisotopic (exact) mass is 427 g/mol. The van der Waals surface area contributed by atoms with Crippen molar-refractivity contribution in [2.75, 3.05) is 33.4 Å². The summed E-state index contributed by atoms with van der Waals surface area (Å²) in [6, 6.07) is 2.65. The van der Waals surface area contributed by atoms with Gasteiger partial charge in [-0.3, -0.25) is 19.6 Å². The van der Waals surface area contributed by atoms with E-state index in [9.17, 15) is 9.59 Å². The number of hydrogen-bond donors (Lipinski definition) is 1. The lowest BCUT2D eigenvalue weighted by Crippen LogP contribution is -2.43. The molecule has 1 amide bonds. The van der Waals surface area contributed by atoms with E-state index in [0.717, 1.165) is 68.0 Å². The number of methoxy groups -OCH3 is 1. The maximum Gasteiger partial charge on any atom is 0.277 e. The minimum absolute atomic E-state index is 0.0469. The first-order valence-electron chi connectivity index (χ1n) is 11.8. The second-order valence-corrected chi connectivity index (χ2v) is 9.35. The summed E-state index contributed by atoms with van der Waals surface area (Å²) in [7, 11) is 1.55. The highest BCUT2D eigenvalue weighted by molar-refractivity contribution is 5.77. The predicted molar refractivity (Wildman–Crippen MR) is 117 cm³/mol. The van der Waals surface area contributed by atoms with Crippen LogP contribution in [0.25, 0.3) is 5.65 Å². The molecule has 2 aliphatic heterocycles. The number of aromatic amines is 1. The Hall–Kier alpha value is -2.19. The molecule has 0 radical (unpaired) electrons. The van der Waals surface area contributed by atoms with Crippen molar-refractivity contribution in [3.05, 3.63) is 33.4 Å². The Bertz CT molecular complexity index is 999. The van der Waals surface area contributed by atoms with Crippen LogP contribution in [0.15, 0.2) is 10.9 Å². The van der Waals surface area contributed by atoms with E-state index in [1.54, 1.807) is 11.6 Å². The molecule has 8 nitrogen and oxygen atoms in total. The molecule has 1 saturated carbocycles. The van der Waals surface area contributed by atoms with E-state index in [0.29, 0.717) is 12.0 Å². The lowest BCUT2D eigenvalue weighted by Gasteiger charge is -2.36. The van der Waals surface area contributed by atoms with Crippen molar-refractivity contribution in [2.45, 2.75) is 69.9 Å². The predicted octanol–water partition coefficient (Wildman–Crippen LogP) is 2.07. The largest absolute Gasteiger partial charge is 0.375 e. The van der Waals surface area contributed by atoms with Crippen molar-refractivity contribution in [1.29, 1.82) is 0 Å². The molecule has 0 aromatic carbocycles. The number of nitrogens with one attached hydrogen (secondary N) is 1. The summed E-state index contributed by atoms with van der Waals surface area (Å²) in [5.74, 6) is 0.356. The molecule has 0 atom stereocenters. The van der Waals surface area contributed by atoms with Crippen LogP contribution in [0.3, 0.4) is 0 Å². The Labute approximate surface area is 182 Å². The Kier molecular flexibility index (Phi) is 5.84. The zero-order valence-corrected chi connectivity index (χ0v) is 18.4. The molecule has 4 heterocycles. The lowest BCUT2D eigenvalue weighted by molar-refractivity contribution is -0.136. The van der Waals surface area contributed by atoms with E-state index >= 15 is 0 Å². The average molecular weight is 428 g/mol. The fraction of sp³-hybridized carbons (Fsp3) is 0.696. The van der Waals surface area contributed by atoms with Crippen molar-refractivity contribution >= 4 is 11.6 Å². The van der Waals surface area contributed by atoms with E-state index in [4.69, 9.17) is 9.72 Å². The summed E-state index contributed by atoms with van der Waals surface area (Å²) in [6.07, 6.45) is 9.09. The van der Waals surface area contributed by atoms with Crippen LogP contribution < -0.4 is 5.56 Å². The zero-order chi connectivity index (χ0) is 21.4. The maximum absolute atomic E-state index is 13.3. The molecule has 1 N–H and O–H groups in total. The smallest absolute Gasteiger partial charge is 0.277 e. The van der Waals surface area contributed by atoms with Gasteiger partial charge >= 0.3 is 0 Å². The van der Waals surface area contributed by atoms with E-state index in [-0.39, 0.29) is 18.1 Å². The molecular weight excluding hydrogens is 394 g/mol. The van der Waals surface area contributed by atoms with Gasteiger partial charge in [-0.1, -0.05) is 19.3 Å². The number of likely N-dealkylation sites (tertiary alicyclic amines) is 1. The van der Waals surface area contributed by atoms with Gasteiger partial charge in [0, 0.05) is 63.4 Å². The van der Waals surface area contributed by atoms with Crippen molar-refractivity contribution in [2.24, 2.45) is 0 Å². The summed E-state index contributed by atoms with van der Waals surface area (Å²) >= 11 is 0. The van der Waals surface area contributed by atoms with Gasteiger partial charge in [0.15, 0.2) is 5.65 Å². The molecule has 2 fully saturated rings. The van der Waals surface area contributed by atoms with Gasteiger partial charge in [0.1, 0.15) is 6.61 Å². The van der Waals surface area contributed by atoms with Crippen molar-refractivity contribution < 1.29 is 9.53 Å². The summed E-state index contributed by atoms with van der Waals surface area (Å²) < 4.78 is 6.61. The van der Waals surface area contributed by atoms with Crippen LogP contribution in [-0.2, 0) is 22.5 Å². The number of hydrogen-bond acceptors (Lipinski definition) is 5. The molecule has 0 bridgehead atoms. The van der Waals surface area contributed by atoms with Crippen LogP contribution >= 0.6 is 0 Å². The fourth-order valence-electron chi connectivity index (χ4n) is 5.64. The number of rotatable bonds is 4. The number of fused-ring (bicyclic) bond motifs is 2. The minimum atomic E-state index is 0.0469. The van der Waals surface area contributed by atoms with Crippen LogP contribution in [0.5, 0.6) is 0 Å². The second-order valence-electron chi connectivity index (χ2n) is 9.35. The number of amides is 1. The zero-order valence-electron chi connectivity index (χ0n) is 18.4. The van der Waals surface area contributed by atoms with E-state index in [1.165, 1.54) is 32.1 Å². The number of carbonyl (C=O) groups is 1. The molecule has 31 heavy (non-hydrogen) atoms. The highest BCUT2D eigenvalue weighted by atomic mass is 16.5. The Morgan fingerprint density at radius 1 is 1.16 bits per heavy atom. The van der Waals surface area contributed by atoms with Crippen molar-refractivity contribution in [3.8, 4) is 0 Å². The van der Waals surface area contributed by atoms with Gasteiger partial charge < -0.3 is 9.64 Å². The summed E-state index contributed by atoms with van der Waals surface area (Å²) in [5, 5.41) is 3.34. The molecule has 5 rings (SSSR count). The first kappa shape index (κ1) is 20.7. The van der Waals surface area contributed by atoms with Gasteiger partial charge in [-0.25, -0.2) is 9.50 Å². The van der Waals surface area contributed by atoms with Gasteiger partial charge in [0.2, 0.25) is 5.91 Å². The molecule has 1 aliphatic carbocycles. The summed E-state index contributed by atoms with van der Waals surface area (Å²) in [5.41, 5.74) is 3.67. The molecular formula is C23H33N5O3. The molecule has 0 unspecified atom stereocenters. The van der Waals surface area contributed by atoms with E-state index in [1.807, 2.05) is 11.0 Å². The first-order chi connectivity index (χ1) is 15.1. The van der Waals surface area contributed by atoms with Gasteiger partial charge in [0.05, 0.1) is 11.3 Å². The SMILES string of the molecule is COCC(=O)N1CCC(c2cc3nc4c(c(=O)n3[nH]2)CN(C2CCCCC2)CC4)CC1. The number of piperidine rings is 1. The third-order valence-electron chi connectivity index (χ3n) is 7.46. The standard InChI is InChI=1S/C23H33N5O3/c1-31-15-22(29)26-10-7-16(8-11-26)20-13-21-24-19-9-12-27(17-5-3-2-4-6-17)14-18(19)23(30)28(21)25-20/h13,16-17,25H,2-12,14-15H2,1H3. The minimum Gasteiger partial charge on any atom is -0.375 e. The number of carbonyl (C=O) groups excluding carboxylic acids is 1. The normalized spacial score (nSPS) is 21.5. The summed E-state index contributed by atoms with van der Waals surface area (Å²) in [4.78, 5) is 34.6. The van der Waals surface area contributed by atoms with Crippen molar-refractivity contribution in [3.63, 3.8) is 0 Å². The fourth-order valence-corrected chi connectivity index (χ4v) is 5.64. The highest BCUT2D eigenvalue weighted by Crippen LogP contribution is 2.29. The van der Waals surface area contributed by atoms with Gasteiger partial charge in [0.25, 0.3) is 5.56 Å². The molecule has 3 aliphatic rings. The van der Waals surface area contributed by atoms with Crippen LogP contribution in [0.2, 0.25) is 0 Å². The van der Waals surface area contributed by atoms with Crippen LogP contribution in [-0.4, -0.2) is 69.7 Å². The second kappa shape index (κ2) is 8.74. The van der Waals surface area contributed by atoms with Crippen molar-refractivity contribution in [1.82, 2.24) is 24.4 Å². The van der Waals surface area contributed by atoms with Gasteiger partial charge in [-0.05, 0) is 25.7 Å². The number of ether oxygens (including phenoxy) is 1.